The van der Waals surface area contributed by atoms with E-state index in [1.54, 1.807) is 11.8 Å². The van der Waals surface area contributed by atoms with Crippen LogP contribution in [0.2, 0.25) is 18.1 Å². The number of nitrogens with zero attached hydrogens (tertiary/aromatic N) is 1. The number of carbonyl (C=O) groups excluding carboxylic acids is 1. The Morgan fingerprint density at radius 3 is 2.29 bits per heavy atom. The summed E-state index contributed by atoms with van der Waals surface area (Å²) < 4.78 is 6.38. The van der Waals surface area contributed by atoms with E-state index >= 15 is 0 Å². The average Bonchev–Trinajstić information content (AvgIpc) is 2.62. The normalized spacial score (nSPS) is 28.5. The van der Waals surface area contributed by atoms with Gasteiger partial charge in [0.15, 0.2) is 8.32 Å². The van der Waals surface area contributed by atoms with Crippen LogP contribution in [-0.2, 0) is 15.8 Å². The summed E-state index contributed by atoms with van der Waals surface area (Å²) in [5, 5.41) is 11.0. The third-order valence-corrected chi connectivity index (χ3v) is 10.2. The van der Waals surface area contributed by atoms with E-state index in [0.29, 0.717) is 6.54 Å². The molecule has 1 aliphatic heterocycles. The molecule has 0 bridgehead atoms. The van der Waals surface area contributed by atoms with E-state index in [1.165, 1.54) is 0 Å². The van der Waals surface area contributed by atoms with Crippen molar-refractivity contribution in [2.45, 2.75) is 71.1 Å². The summed E-state index contributed by atoms with van der Waals surface area (Å²) in [6.07, 6.45) is -0.579. The monoisotopic (exact) mass is 349 g/mol. The summed E-state index contributed by atoms with van der Waals surface area (Å²) in [5.41, 5.74) is -0.203. The van der Waals surface area contributed by atoms with Crippen molar-refractivity contribution in [2.24, 2.45) is 5.92 Å². The third kappa shape index (κ3) is 3.43. The SMILES string of the molecule is C[C@@H]1[C@@H](O[Si](C)(C)C(C)(C)C)C(=O)N(Cc2ccccc2)C1(C)O. The van der Waals surface area contributed by atoms with Crippen LogP contribution in [0, 0.1) is 5.92 Å². The number of benzene rings is 1. The van der Waals surface area contributed by atoms with Crippen LogP contribution in [0.25, 0.3) is 0 Å². The van der Waals surface area contributed by atoms with Gasteiger partial charge in [-0.15, -0.1) is 0 Å². The number of hydrogen-bond acceptors (Lipinski definition) is 3. The van der Waals surface area contributed by atoms with Gasteiger partial charge in [0, 0.05) is 12.5 Å². The van der Waals surface area contributed by atoms with Gasteiger partial charge in [0.05, 0.1) is 0 Å². The molecule has 0 aliphatic carbocycles. The Kier molecular flexibility index (Phi) is 5.01. The quantitative estimate of drug-likeness (QED) is 0.842. The fourth-order valence-corrected chi connectivity index (χ4v) is 4.07. The highest BCUT2D eigenvalue weighted by atomic mass is 28.4. The minimum absolute atomic E-state index is 0.0196. The summed E-state index contributed by atoms with van der Waals surface area (Å²) in [6, 6.07) is 9.76. The number of likely N-dealkylation sites (tertiary alicyclic amines) is 1. The van der Waals surface area contributed by atoms with Crippen LogP contribution in [0.5, 0.6) is 0 Å². The number of rotatable bonds is 4. The van der Waals surface area contributed by atoms with Gasteiger partial charge in [-0.1, -0.05) is 58.0 Å². The second kappa shape index (κ2) is 6.28. The van der Waals surface area contributed by atoms with Crippen molar-refractivity contribution in [1.29, 1.82) is 0 Å². The predicted octanol–water partition coefficient (Wildman–Crippen LogP) is 3.76. The topological polar surface area (TPSA) is 49.8 Å². The van der Waals surface area contributed by atoms with Crippen LogP contribution in [0.3, 0.4) is 0 Å². The van der Waals surface area contributed by atoms with Gasteiger partial charge in [0.2, 0.25) is 0 Å². The molecule has 1 amide bonds. The maximum atomic E-state index is 13.0. The zero-order valence-electron chi connectivity index (χ0n) is 16.0. The van der Waals surface area contributed by atoms with E-state index < -0.39 is 20.1 Å². The van der Waals surface area contributed by atoms with Gasteiger partial charge in [0.1, 0.15) is 11.8 Å². The third-order valence-electron chi connectivity index (χ3n) is 5.78. The number of amides is 1. The fourth-order valence-electron chi connectivity index (χ4n) is 2.77. The van der Waals surface area contributed by atoms with E-state index in [9.17, 15) is 9.90 Å². The van der Waals surface area contributed by atoms with Crippen molar-refractivity contribution in [1.82, 2.24) is 4.90 Å². The largest absolute Gasteiger partial charge is 0.404 e. The Morgan fingerprint density at radius 1 is 1.25 bits per heavy atom. The van der Waals surface area contributed by atoms with Gasteiger partial charge in [-0.25, -0.2) is 0 Å². The zero-order chi connectivity index (χ0) is 18.3. The van der Waals surface area contributed by atoms with Crippen molar-refractivity contribution in [2.75, 3.05) is 0 Å². The molecule has 24 heavy (non-hydrogen) atoms. The molecule has 134 valence electrons. The number of hydrogen-bond donors (Lipinski definition) is 1. The number of carbonyl (C=O) groups is 1. The molecular formula is C19H31NO3Si. The smallest absolute Gasteiger partial charge is 0.253 e. The van der Waals surface area contributed by atoms with Crippen molar-refractivity contribution >= 4 is 14.2 Å². The maximum absolute atomic E-state index is 13.0. The van der Waals surface area contributed by atoms with Gasteiger partial charge in [-0.3, -0.25) is 4.79 Å². The standard InChI is InChI=1S/C19H31NO3Si/c1-14-16(23-24(6,7)18(2,3)4)17(21)20(19(14,5)22)13-15-11-9-8-10-12-15/h8-12,14,16,22H,13H2,1-7H3/t14-,16-,19?/m1/s1. The Labute approximate surface area is 147 Å². The molecule has 1 saturated heterocycles. The maximum Gasteiger partial charge on any atom is 0.253 e. The molecular weight excluding hydrogens is 318 g/mol. The lowest BCUT2D eigenvalue weighted by molar-refractivity contribution is -0.148. The van der Waals surface area contributed by atoms with Crippen LogP contribution in [0.4, 0.5) is 0 Å². The first kappa shape index (κ1) is 19.2. The molecule has 1 aliphatic rings. The van der Waals surface area contributed by atoms with Gasteiger partial charge >= 0.3 is 0 Å². The molecule has 0 radical (unpaired) electrons. The summed E-state index contributed by atoms with van der Waals surface area (Å²) in [7, 11) is -2.10. The molecule has 2 rings (SSSR count). The molecule has 1 fully saturated rings. The highest BCUT2D eigenvalue weighted by molar-refractivity contribution is 6.74. The summed E-state index contributed by atoms with van der Waals surface area (Å²) >= 11 is 0. The minimum Gasteiger partial charge on any atom is -0.404 e. The Morgan fingerprint density at radius 2 is 1.79 bits per heavy atom. The molecule has 4 nitrogen and oxygen atoms in total. The van der Waals surface area contributed by atoms with Gasteiger partial charge in [-0.2, -0.15) is 0 Å². The van der Waals surface area contributed by atoms with Crippen molar-refractivity contribution < 1.29 is 14.3 Å². The van der Waals surface area contributed by atoms with E-state index in [2.05, 4.69) is 33.9 Å². The lowest BCUT2D eigenvalue weighted by Crippen LogP contribution is -2.47. The second-order valence-electron chi connectivity index (χ2n) is 8.59. The lowest BCUT2D eigenvalue weighted by Gasteiger charge is -2.39. The number of aliphatic hydroxyl groups is 1. The van der Waals surface area contributed by atoms with E-state index in [0.717, 1.165) is 5.56 Å². The summed E-state index contributed by atoms with van der Waals surface area (Å²) in [4.78, 5) is 14.6. The predicted molar refractivity (Wildman–Crippen MR) is 98.8 cm³/mol. The van der Waals surface area contributed by atoms with Gasteiger partial charge in [-0.05, 0) is 30.6 Å². The molecule has 1 heterocycles. The van der Waals surface area contributed by atoms with Crippen LogP contribution < -0.4 is 0 Å². The molecule has 0 spiro atoms. The van der Waals surface area contributed by atoms with E-state index in [-0.39, 0.29) is 16.9 Å². The van der Waals surface area contributed by atoms with Gasteiger partial charge in [0.25, 0.3) is 5.91 Å². The van der Waals surface area contributed by atoms with Crippen LogP contribution in [-0.4, -0.2) is 36.1 Å². The molecule has 1 unspecified atom stereocenters. The second-order valence-corrected chi connectivity index (χ2v) is 13.3. The molecule has 3 atom stereocenters. The van der Waals surface area contributed by atoms with Gasteiger partial charge < -0.3 is 14.4 Å². The van der Waals surface area contributed by atoms with E-state index in [1.807, 2.05) is 37.3 Å². The van der Waals surface area contributed by atoms with Crippen molar-refractivity contribution in [3.63, 3.8) is 0 Å². The van der Waals surface area contributed by atoms with E-state index in [4.69, 9.17) is 4.43 Å². The van der Waals surface area contributed by atoms with Crippen LogP contribution in [0.1, 0.15) is 40.2 Å². The lowest BCUT2D eigenvalue weighted by atomic mass is 9.98. The summed E-state index contributed by atoms with van der Waals surface area (Å²) in [5.74, 6) is -0.385. The molecule has 1 aromatic carbocycles. The zero-order valence-corrected chi connectivity index (χ0v) is 17.0. The molecule has 1 aromatic rings. The Hall–Kier alpha value is -1.17. The molecule has 1 N–H and O–H groups in total. The molecule has 0 saturated carbocycles. The Bertz CT molecular complexity index is 592. The first-order valence-corrected chi connectivity index (χ1v) is 11.5. The van der Waals surface area contributed by atoms with Crippen molar-refractivity contribution in [3.8, 4) is 0 Å². The van der Waals surface area contributed by atoms with Crippen LogP contribution >= 0.6 is 0 Å². The first-order valence-electron chi connectivity index (χ1n) is 8.63. The van der Waals surface area contributed by atoms with Crippen molar-refractivity contribution in [3.05, 3.63) is 35.9 Å². The fraction of sp³-hybridized carbons (Fsp3) is 0.632. The highest BCUT2D eigenvalue weighted by Crippen LogP contribution is 2.43. The summed E-state index contributed by atoms with van der Waals surface area (Å²) in [6.45, 7) is 14.8. The average molecular weight is 350 g/mol. The first-order chi connectivity index (χ1) is 10.9. The molecule has 5 heteroatoms. The molecule has 0 aromatic heterocycles. The minimum atomic E-state index is -2.10. The highest BCUT2D eigenvalue weighted by Gasteiger charge is 2.55. The van der Waals surface area contributed by atoms with Crippen LogP contribution in [0.15, 0.2) is 30.3 Å². The Balaban J connectivity index is 2.26.